The van der Waals surface area contributed by atoms with E-state index in [4.69, 9.17) is 23.2 Å². The summed E-state index contributed by atoms with van der Waals surface area (Å²) < 4.78 is 1.28. The highest BCUT2D eigenvalue weighted by Crippen LogP contribution is 2.23. The molecule has 1 heterocycles. The molecule has 0 spiro atoms. The van der Waals surface area contributed by atoms with Crippen molar-refractivity contribution in [2.75, 3.05) is 6.54 Å². The maximum Gasteiger partial charge on any atom is 0.241 e. The van der Waals surface area contributed by atoms with Crippen LogP contribution in [0.4, 0.5) is 0 Å². The zero-order chi connectivity index (χ0) is 14.5. The Morgan fingerprint density at radius 2 is 2.05 bits per heavy atom. The van der Waals surface area contributed by atoms with E-state index in [0.29, 0.717) is 15.6 Å². The molecule has 9 heteroatoms. The summed E-state index contributed by atoms with van der Waals surface area (Å²) in [6, 6.07) is 4.74. The first-order valence-corrected chi connectivity index (χ1v) is 6.41. The van der Waals surface area contributed by atoms with Gasteiger partial charge in [-0.1, -0.05) is 23.2 Å². The average Bonchev–Trinajstić information content (AvgIpc) is 2.87. The van der Waals surface area contributed by atoms with Crippen molar-refractivity contribution in [2.45, 2.75) is 12.6 Å². The Labute approximate surface area is 124 Å². The van der Waals surface area contributed by atoms with E-state index in [-0.39, 0.29) is 19.0 Å². The number of aliphatic hydroxyl groups is 1. The molecule has 20 heavy (non-hydrogen) atoms. The molecule has 0 saturated carbocycles. The van der Waals surface area contributed by atoms with Crippen LogP contribution in [0.2, 0.25) is 10.0 Å². The number of aliphatic hydroxyl groups excluding tert-OH is 1. The highest BCUT2D eigenvalue weighted by atomic mass is 35.5. The van der Waals surface area contributed by atoms with Crippen LogP contribution in [0.15, 0.2) is 24.5 Å². The van der Waals surface area contributed by atoms with E-state index in [1.165, 1.54) is 11.0 Å². The lowest BCUT2D eigenvalue weighted by Crippen LogP contribution is -2.31. The van der Waals surface area contributed by atoms with Crippen molar-refractivity contribution in [3.63, 3.8) is 0 Å². The van der Waals surface area contributed by atoms with Gasteiger partial charge in [-0.25, -0.2) is 4.68 Å². The predicted molar refractivity (Wildman–Crippen MR) is 72.2 cm³/mol. The first-order chi connectivity index (χ1) is 9.54. The van der Waals surface area contributed by atoms with Gasteiger partial charge in [-0.15, -0.1) is 5.10 Å². The molecule has 1 amide bonds. The minimum atomic E-state index is -0.899. The number of hydrogen-bond donors (Lipinski definition) is 2. The largest absolute Gasteiger partial charge is 0.387 e. The Hall–Kier alpha value is -1.70. The van der Waals surface area contributed by atoms with Gasteiger partial charge < -0.3 is 10.4 Å². The van der Waals surface area contributed by atoms with Gasteiger partial charge in [-0.05, 0) is 34.2 Å². The molecule has 1 atom stereocenters. The summed E-state index contributed by atoms with van der Waals surface area (Å²) in [5.74, 6) is -0.315. The molecule has 2 aromatic rings. The third-order valence-electron chi connectivity index (χ3n) is 2.46. The highest BCUT2D eigenvalue weighted by Gasteiger charge is 2.11. The number of hydrogen-bond acceptors (Lipinski definition) is 5. The monoisotopic (exact) mass is 315 g/mol. The number of halogens is 2. The zero-order valence-electron chi connectivity index (χ0n) is 10.2. The summed E-state index contributed by atoms with van der Waals surface area (Å²) in [5.41, 5.74) is 0.533. The minimum Gasteiger partial charge on any atom is -0.387 e. The number of carbonyl (C=O) groups excluding carboxylic acids is 1. The van der Waals surface area contributed by atoms with Crippen LogP contribution in [0.25, 0.3) is 0 Å². The molecule has 0 saturated heterocycles. The molecule has 0 radical (unpaired) electrons. The summed E-state index contributed by atoms with van der Waals surface area (Å²) in [7, 11) is 0. The number of benzene rings is 1. The van der Waals surface area contributed by atoms with Crippen LogP contribution >= 0.6 is 23.2 Å². The molecule has 0 fully saturated rings. The normalized spacial score (nSPS) is 12.2. The molecule has 1 aromatic heterocycles. The summed E-state index contributed by atoms with van der Waals surface area (Å²) >= 11 is 11.7. The summed E-state index contributed by atoms with van der Waals surface area (Å²) in [6.45, 7) is 0.0215. The number of nitrogens with zero attached hydrogens (tertiary/aromatic N) is 4. The van der Waals surface area contributed by atoms with Gasteiger partial charge in [0.2, 0.25) is 5.91 Å². The van der Waals surface area contributed by atoms with Crippen molar-refractivity contribution in [2.24, 2.45) is 0 Å². The van der Waals surface area contributed by atoms with Crippen molar-refractivity contribution in [3.8, 4) is 0 Å². The second-order valence-electron chi connectivity index (χ2n) is 4.03. The second kappa shape index (κ2) is 6.65. The maximum atomic E-state index is 11.6. The number of amides is 1. The van der Waals surface area contributed by atoms with E-state index in [9.17, 15) is 9.90 Å². The fourth-order valence-corrected chi connectivity index (χ4v) is 2.09. The van der Waals surface area contributed by atoms with Crippen LogP contribution in [-0.2, 0) is 11.3 Å². The predicted octanol–water partition coefficient (Wildman–Crippen LogP) is 0.830. The van der Waals surface area contributed by atoms with Crippen molar-refractivity contribution in [1.82, 2.24) is 25.5 Å². The molecule has 106 valence electrons. The minimum absolute atomic E-state index is 0.0178. The molecule has 7 nitrogen and oxygen atoms in total. The van der Waals surface area contributed by atoms with Gasteiger partial charge in [0.1, 0.15) is 12.9 Å². The maximum absolute atomic E-state index is 11.6. The third kappa shape index (κ3) is 4.16. The van der Waals surface area contributed by atoms with Crippen molar-refractivity contribution < 1.29 is 9.90 Å². The van der Waals surface area contributed by atoms with Crippen molar-refractivity contribution in [1.29, 1.82) is 0 Å². The Morgan fingerprint density at radius 3 is 2.65 bits per heavy atom. The number of carbonyl (C=O) groups is 1. The van der Waals surface area contributed by atoms with E-state index in [2.05, 4.69) is 20.8 Å². The molecular weight excluding hydrogens is 305 g/mol. The Bertz CT molecular complexity index is 570. The zero-order valence-corrected chi connectivity index (χ0v) is 11.7. The van der Waals surface area contributed by atoms with Gasteiger partial charge in [0, 0.05) is 16.6 Å². The van der Waals surface area contributed by atoms with E-state index in [0.717, 1.165) is 0 Å². The van der Waals surface area contributed by atoms with Gasteiger partial charge >= 0.3 is 0 Å². The fourth-order valence-electron chi connectivity index (χ4n) is 1.55. The topological polar surface area (TPSA) is 92.9 Å². The number of nitrogens with one attached hydrogen (secondary N) is 1. The van der Waals surface area contributed by atoms with Crippen molar-refractivity contribution in [3.05, 3.63) is 40.1 Å². The molecule has 0 aliphatic rings. The van der Waals surface area contributed by atoms with Crippen LogP contribution in [0, 0.1) is 0 Å². The van der Waals surface area contributed by atoms with Crippen molar-refractivity contribution >= 4 is 29.1 Å². The molecule has 2 N–H and O–H groups in total. The van der Waals surface area contributed by atoms with E-state index >= 15 is 0 Å². The van der Waals surface area contributed by atoms with Gasteiger partial charge in [0.25, 0.3) is 0 Å². The highest BCUT2D eigenvalue weighted by molar-refractivity contribution is 6.34. The Morgan fingerprint density at radius 1 is 1.35 bits per heavy atom. The Balaban J connectivity index is 1.88. The number of tetrazole rings is 1. The SMILES string of the molecule is O=C(Cn1cnnn1)NC[C@@H](O)c1cc(Cl)cc(Cl)c1. The Kier molecular flexibility index (Phi) is 4.89. The number of aromatic nitrogens is 4. The molecule has 0 unspecified atom stereocenters. The van der Waals surface area contributed by atoms with Crippen LogP contribution in [-0.4, -0.2) is 37.8 Å². The molecule has 1 aromatic carbocycles. The second-order valence-corrected chi connectivity index (χ2v) is 4.90. The van der Waals surface area contributed by atoms with Crippen LogP contribution in [0.1, 0.15) is 11.7 Å². The van der Waals surface area contributed by atoms with Crippen LogP contribution < -0.4 is 5.32 Å². The number of rotatable bonds is 5. The van der Waals surface area contributed by atoms with E-state index in [1.54, 1.807) is 18.2 Å². The smallest absolute Gasteiger partial charge is 0.241 e. The molecular formula is C11H11Cl2N5O2. The van der Waals surface area contributed by atoms with Crippen LogP contribution in [0.3, 0.4) is 0 Å². The quantitative estimate of drug-likeness (QED) is 0.852. The van der Waals surface area contributed by atoms with Gasteiger partial charge in [0.15, 0.2) is 0 Å². The van der Waals surface area contributed by atoms with Crippen LogP contribution in [0.5, 0.6) is 0 Å². The molecule has 0 aliphatic carbocycles. The first kappa shape index (κ1) is 14.7. The van der Waals surface area contributed by atoms with Gasteiger partial charge in [0.05, 0.1) is 6.10 Å². The average molecular weight is 316 g/mol. The van der Waals surface area contributed by atoms with Gasteiger partial charge in [-0.2, -0.15) is 0 Å². The molecule has 0 bridgehead atoms. The van der Waals surface area contributed by atoms with E-state index < -0.39 is 6.10 Å². The molecule has 0 aliphatic heterocycles. The third-order valence-corrected chi connectivity index (χ3v) is 2.90. The lowest BCUT2D eigenvalue weighted by atomic mass is 10.1. The standard InChI is InChI=1S/C11H11Cl2N5O2/c12-8-1-7(2-9(13)3-8)10(19)4-14-11(20)5-18-6-15-16-17-18/h1-3,6,10,19H,4-5H2,(H,14,20)/t10-/m1/s1. The summed E-state index contributed by atoms with van der Waals surface area (Å²) in [6.07, 6.45) is 0.427. The fraction of sp³-hybridized carbons (Fsp3) is 0.273. The lowest BCUT2D eigenvalue weighted by Gasteiger charge is -2.13. The van der Waals surface area contributed by atoms with E-state index in [1.807, 2.05) is 0 Å². The molecule has 2 rings (SSSR count). The summed E-state index contributed by atoms with van der Waals surface area (Å²) in [4.78, 5) is 11.6. The van der Waals surface area contributed by atoms with Gasteiger partial charge in [-0.3, -0.25) is 4.79 Å². The summed E-state index contributed by atoms with van der Waals surface area (Å²) in [5, 5.41) is 23.8. The lowest BCUT2D eigenvalue weighted by molar-refractivity contribution is -0.122. The first-order valence-electron chi connectivity index (χ1n) is 5.66.